The predicted octanol–water partition coefficient (Wildman–Crippen LogP) is 2.57. The van der Waals surface area contributed by atoms with Crippen molar-refractivity contribution in [2.24, 2.45) is 5.92 Å². The summed E-state index contributed by atoms with van der Waals surface area (Å²) >= 11 is 0. The van der Waals surface area contributed by atoms with Gasteiger partial charge in [-0.2, -0.15) is 0 Å². The van der Waals surface area contributed by atoms with Crippen molar-refractivity contribution in [3.63, 3.8) is 0 Å². The van der Waals surface area contributed by atoms with Gasteiger partial charge in [0, 0.05) is 37.8 Å². The third kappa shape index (κ3) is 4.19. The van der Waals surface area contributed by atoms with E-state index in [4.69, 9.17) is 0 Å². The van der Waals surface area contributed by atoms with Crippen LogP contribution in [0.5, 0.6) is 0 Å². The van der Waals surface area contributed by atoms with E-state index in [9.17, 15) is 0 Å². The molecule has 118 valence electrons. The van der Waals surface area contributed by atoms with Crippen LogP contribution < -0.4 is 5.32 Å². The molecule has 1 N–H and O–H groups in total. The van der Waals surface area contributed by atoms with E-state index < -0.39 is 0 Å². The molecule has 1 atom stereocenters. The van der Waals surface area contributed by atoms with Crippen LogP contribution in [0.3, 0.4) is 0 Å². The molecule has 2 rings (SSSR count). The molecule has 2 fully saturated rings. The van der Waals surface area contributed by atoms with Crippen molar-refractivity contribution < 1.29 is 0 Å². The molecule has 1 aliphatic carbocycles. The van der Waals surface area contributed by atoms with Crippen LogP contribution in [0, 0.1) is 5.92 Å². The third-order valence-electron chi connectivity index (χ3n) is 5.48. The summed E-state index contributed by atoms with van der Waals surface area (Å²) in [6, 6.07) is 0.719. The minimum absolute atomic E-state index is 0.323. The second kappa shape index (κ2) is 7.24. The number of hydrogen-bond donors (Lipinski definition) is 1. The number of nitrogens with zero attached hydrogens (tertiary/aromatic N) is 2. The normalized spacial score (nSPS) is 27.0. The van der Waals surface area contributed by atoms with Crippen molar-refractivity contribution in [1.29, 1.82) is 0 Å². The van der Waals surface area contributed by atoms with Gasteiger partial charge >= 0.3 is 0 Å². The maximum Gasteiger partial charge on any atom is 0.0277 e. The van der Waals surface area contributed by atoms with Gasteiger partial charge in [-0.1, -0.05) is 19.8 Å². The fourth-order valence-corrected chi connectivity index (χ4v) is 3.84. The van der Waals surface area contributed by atoms with Gasteiger partial charge in [0.25, 0.3) is 0 Å². The summed E-state index contributed by atoms with van der Waals surface area (Å²) in [6.07, 6.45) is 7.03. The maximum atomic E-state index is 3.84. The fraction of sp³-hybridized carbons (Fsp3) is 1.00. The molecule has 1 aliphatic heterocycles. The zero-order valence-corrected chi connectivity index (χ0v) is 14.1. The van der Waals surface area contributed by atoms with Crippen molar-refractivity contribution in [3.05, 3.63) is 0 Å². The van der Waals surface area contributed by atoms with Gasteiger partial charge < -0.3 is 5.32 Å². The number of hydrogen-bond acceptors (Lipinski definition) is 3. The third-order valence-corrected chi connectivity index (χ3v) is 5.48. The van der Waals surface area contributed by atoms with Crippen LogP contribution in [0.15, 0.2) is 0 Å². The van der Waals surface area contributed by atoms with Crippen molar-refractivity contribution in [2.45, 2.75) is 64.5 Å². The molecule has 1 saturated carbocycles. The lowest BCUT2D eigenvalue weighted by Crippen LogP contribution is -2.60. The fourth-order valence-electron chi connectivity index (χ4n) is 3.84. The summed E-state index contributed by atoms with van der Waals surface area (Å²) in [5, 5.41) is 3.84. The van der Waals surface area contributed by atoms with Gasteiger partial charge in [-0.25, -0.2) is 0 Å². The van der Waals surface area contributed by atoms with E-state index in [2.05, 4.69) is 42.9 Å². The van der Waals surface area contributed by atoms with E-state index in [1.165, 1.54) is 64.8 Å². The van der Waals surface area contributed by atoms with Crippen LogP contribution in [0.1, 0.15) is 52.9 Å². The second-order valence-corrected chi connectivity index (χ2v) is 7.57. The molecule has 0 aromatic heterocycles. The predicted molar refractivity (Wildman–Crippen MR) is 87.2 cm³/mol. The van der Waals surface area contributed by atoms with E-state index in [1.807, 2.05) is 0 Å². The first kappa shape index (κ1) is 16.3. The Labute approximate surface area is 126 Å². The summed E-state index contributed by atoms with van der Waals surface area (Å²) in [6.45, 7) is 13.1. The molecule has 0 aromatic rings. The summed E-state index contributed by atoms with van der Waals surface area (Å²) in [5.41, 5.74) is 0.323. The lowest BCUT2D eigenvalue weighted by Gasteiger charge is -2.46. The molecule has 0 amide bonds. The Kier molecular flexibility index (Phi) is 5.88. The Balaban J connectivity index is 1.89. The summed E-state index contributed by atoms with van der Waals surface area (Å²) < 4.78 is 0. The molecule has 0 spiro atoms. The van der Waals surface area contributed by atoms with E-state index in [0.29, 0.717) is 5.54 Å². The number of likely N-dealkylation sites (N-methyl/N-ethyl adjacent to an activating group) is 1. The molecule has 20 heavy (non-hydrogen) atoms. The molecule has 1 unspecified atom stereocenters. The Hall–Kier alpha value is -0.120. The highest BCUT2D eigenvalue weighted by Crippen LogP contribution is 2.29. The highest BCUT2D eigenvalue weighted by atomic mass is 15.3. The first-order chi connectivity index (χ1) is 9.53. The van der Waals surface area contributed by atoms with Crippen LogP contribution in [-0.2, 0) is 0 Å². The van der Waals surface area contributed by atoms with Gasteiger partial charge in [-0.3, -0.25) is 9.80 Å². The Bertz CT molecular complexity index is 284. The molecule has 1 saturated heterocycles. The quantitative estimate of drug-likeness (QED) is 0.807. The van der Waals surface area contributed by atoms with E-state index >= 15 is 0 Å². The van der Waals surface area contributed by atoms with Gasteiger partial charge in [-0.15, -0.1) is 0 Å². The molecule has 3 heteroatoms. The average molecular weight is 281 g/mol. The van der Waals surface area contributed by atoms with Crippen LogP contribution in [0.2, 0.25) is 0 Å². The van der Waals surface area contributed by atoms with E-state index in [-0.39, 0.29) is 0 Å². The van der Waals surface area contributed by atoms with Crippen LogP contribution >= 0.6 is 0 Å². The average Bonchev–Trinajstić information content (AvgIpc) is 2.92. The topological polar surface area (TPSA) is 18.5 Å². The molecule has 0 bridgehead atoms. The minimum atomic E-state index is 0.323. The van der Waals surface area contributed by atoms with Crippen LogP contribution in [0.4, 0.5) is 0 Å². The lowest BCUT2D eigenvalue weighted by molar-refractivity contribution is 0.0315. The van der Waals surface area contributed by atoms with Gasteiger partial charge in [0.15, 0.2) is 0 Å². The molecule has 0 radical (unpaired) electrons. The van der Waals surface area contributed by atoms with Crippen molar-refractivity contribution >= 4 is 0 Å². The standard InChI is InChI=1S/C17H35N3/c1-5-10-18-16(15-8-6-7-9-15)13-20-12-11-19(4)17(2,3)14-20/h15-16,18H,5-14H2,1-4H3. The lowest BCUT2D eigenvalue weighted by atomic mass is 9.95. The molecule has 1 heterocycles. The van der Waals surface area contributed by atoms with Gasteiger partial charge in [0.2, 0.25) is 0 Å². The van der Waals surface area contributed by atoms with Crippen molar-refractivity contribution in [2.75, 3.05) is 39.8 Å². The first-order valence-corrected chi connectivity index (χ1v) is 8.70. The first-order valence-electron chi connectivity index (χ1n) is 8.70. The minimum Gasteiger partial charge on any atom is -0.312 e. The molecule has 0 aromatic carbocycles. The number of piperazine rings is 1. The monoisotopic (exact) mass is 281 g/mol. The second-order valence-electron chi connectivity index (χ2n) is 7.57. The molecular formula is C17H35N3. The zero-order valence-electron chi connectivity index (χ0n) is 14.1. The van der Waals surface area contributed by atoms with Gasteiger partial charge in [-0.05, 0) is 52.6 Å². The van der Waals surface area contributed by atoms with E-state index in [0.717, 1.165) is 12.0 Å². The summed E-state index contributed by atoms with van der Waals surface area (Å²) in [4.78, 5) is 5.21. The Morgan fingerprint density at radius 2 is 1.90 bits per heavy atom. The number of nitrogens with one attached hydrogen (secondary N) is 1. The molecule has 2 aliphatic rings. The van der Waals surface area contributed by atoms with Crippen LogP contribution in [0.25, 0.3) is 0 Å². The largest absolute Gasteiger partial charge is 0.312 e. The highest BCUT2D eigenvalue weighted by Gasteiger charge is 2.33. The van der Waals surface area contributed by atoms with Gasteiger partial charge in [0.05, 0.1) is 0 Å². The Morgan fingerprint density at radius 1 is 1.20 bits per heavy atom. The molecular weight excluding hydrogens is 246 g/mol. The maximum absolute atomic E-state index is 3.84. The molecule has 3 nitrogen and oxygen atoms in total. The summed E-state index contributed by atoms with van der Waals surface area (Å²) in [5.74, 6) is 0.921. The van der Waals surface area contributed by atoms with Crippen molar-refractivity contribution in [3.8, 4) is 0 Å². The zero-order chi connectivity index (χ0) is 14.6. The smallest absolute Gasteiger partial charge is 0.0277 e. The van der Waals surface area contributed by atoms with Crippen LogP contribution in [-0.4, -0.2) is 61.2 Å². The van der Waals surface area contributed by atoms with E-state index in [1.54, 1.807) is 0 Å². The Morgan fingerprint density at radius 3 is 2.50 bits per heavy atom. The number of rotatable bonds is 6. The van der Waals surface area contributed by atoms with Crippen molar-refractivity contribution in [1.82, 2.24) is 15.1 Å². The SMILES string of the molecule is CCCNC(CN1CCN(C)C(C)(C)C1)C1CCCC1. The van der Waals surface area contributed by atoms with Gasteiger partial charge in [0.1, 0.15) is 0 Å². The highest BCUT2D eigenvalue weighted by molar-refractivity contribution is 4.91. The summed E-state index contributed by atoms with van der Waals surface area (Å²) in [7, 11) is 2.27.